The molecule has 0 aliphatic rings. The van der Waals surface area contributed by atoms with Crippen molar-refractivity contribution in [1.29, 1.82) is 0 Å². The number of fused-ring (bicyclic) bond motifs is 1. The second kappa shape index (κ2) is 6.29. The van der Waals surface area contributed by atoms with Crippen LogP contribution in [0.5, 0.6) is 0 Å². The minimum absolute atomic E-state index is 0.114. The van der Waals surface area contributed by atoms with E-state index in [1.807, 2.05) is 13.8 Å². The first-order chi connectivity index (χ1) is 11.0. The normalized spacial score (nSPS) is 12.6. The summed E-state index contributed by atoms with van der Waals surface area (Å²) >= 11 is 12.5. The van der Waals surface area contributed by atoms with E-state index in [0.717, 1.165) is 6.42 Å². The Morgan fingerprint density at radius 2 is 2.09 bits per heavy atom. The number of halogens is 3. The van der Waals surface area contributed by atoms with E-state index in [4.69, 9.17) is 23.2 Å². The molecule has 0 saturated carbocycles. The monoisotopic (exact) mass is 353 g/mol. The molecule has 0 saturated heterocycles. The Morgan fingerprint density at radius 3 is 2.78 bits per heavy atom. The van der Waals surface area contributed by atoms with Crippen molar-refractivity contribution in [1.82, 2.24) is 19.6 Å². The molecule has 3 aromatic rings. The number of rotatable bonds is 4. The summed E-state index contributed by atoms with van der Waals surface area (Å²) in [5.74, 6) is 0.365. The second-order valence-corrected chi connectivity index (χ2v) is 5.91. The summed E-state index contributed by atoms with van der Waals surface area (Å²) < 4.78 is 15.9. The number of hydrogen-bond acceptors (Lipinski definition) is 4. The molecule has 0 aliphatic heterocycles. The summed E-state index contributed by atoms with van der Waals surface area (Å²) in [6, 6.07) is 4.59. The smallest absolute Gasteiger partial charge is 0.255 e. The summed E-state index contributed by atoms with van der Waals surface area (Å²) in [7, 11) is 0. The minimum Gasteiger partial charge on any atom is -0.367 e. The lowest BCUT2D eigenvalue weighted by Gasteiger charge is -2.19. The van der Waals surface area contributed by atoms with E-state index in [1.54, 1.807) is 6.07 Å². The molecular formula is C15H14Cl2FN5. The molecule has 2 aromatic heterocycles. The van der Waals surface area contributed by atoms with E-state index in [2.05, 4.69) is 20.4 Å². The maximum absolute atomic E-state index is 14.4. The zero-order valence-electron chi connectivity index (χ0n) is 12.5. The van der Waals surface area contributed by atoms with Crippen molar-refractivity contribution in [2.75, 3.05) is 5.32 Å². The fraction of sp³-hybridized carbons (Fsp3) is 0.267. The lowest BCUT2D eigenvalue weighted by atomic mass is 10.1. The van der Waals surface area contributed by atoms with Crippen LogP contribution in [-0.4, -0.2) is 25.6 Å². The highest BCUT2D eigenvalue weighted by molar-refractivity contribution is 6.36. The number of aromatic nitrogens is 4. The lowest BCUT2D eigenvalue weighted by molar-refractivity contribution is 0.631. The molecule has 2 heterocycles. The van der Waals surface area contributed by atoms with Gasteiger partial charge in [-0.3, -0.25) is 0 Å². The van der Waals surface area contributed by atoms with Gasteiger partial charge in [-0.25, -0.2) is 4.39 Å². The fourth-order valence-corrected chi connectivity index (χ4v) is 2.76. The molecule has 1 aromatic carbocycles. The number of nitrogens with one attached hydrogen (secondary N) is 1. The predicted octanol–water partition coefficient (Wildman–Crippen LogP) is 4.45. The van der Waals surface area contributed by atoms with Crippen LogP contribution in [0.25, 0.3) is 16.9 Å². The fourth-order valence-electron chi connectivity index (χ4n) is 2.24. The first-order valence-corrected chi connectivity index (χ1v) is 7.88. The molecule has 120 valence electrons. The summed E-state index contributed by atoms with van der Waals surface area (Å²) in [6.45, 7) is 4.04. The Hall–Kier alpha value is -1.92. The van der Waals surface area contributed by atoms with Gasteiger partial charge in [0.15, 0.2) is 0 Å². The van der Waals surface area contributed by atoms with Crippen LogP contribution in [-0.2, 0) is 0 Å². The number of anilines is 1. The maximum atomic E-state index is 14.4. The summed E-state index contributed by atoms with van der Waals surface area (Å²) in [6.07, 6.45) is 2.23. The van der Waals surface area contributed by atoms with Gasteiger partial charge in [-0.2, -0.15) is 19.6 Å². The second-order valence-electron chi connectivity index (χ2n) is 5.15. The van der Waals surface area contributed by atoms with E-state index in [9.17, 15) is 4.39 Å². The SMILES string of the molecule is CCC(C)Nc1c(-c2c(F)cccc2Cl)c(Cl)nc2ncnn12. The Labute approximate surface area is 142 Å². The van der Waals surface area contributed by atoms with E-state index < -0.39 is 5.82 Å². The standard InChI is InChI=1S/C15H14Cl2FN5/c1-3-8(2)21-14-12(11-9(16)5-4-6-10(11)18)13(17)22-15-19-7-20-23(14)15/h4-8,21H,3H2,1-2H3. The van der Waals surface area contributed by atoms with Gasteiger partial charge in [0.2, 0.25) is 0 Å². The predicted molar refractivity (Wildman–Crippen MR) is 89.6 cm³/mol. The number of benzene rings is 1. The largest absolute Gasteiger partial charge is 0.367 e. The number of hydrogen-bond donors (Lipinski definition) is 1. The molecule has 0 amide bonds. The summed E-state index contributed by atoms with van der Waals surface area (Å²) in [5.41, 5.74) is 0.558. The van der Waals surface area contributed by atoms with Crippen molar-refractivity contribution < 1.29 is 4.39 Å². The van der Waals surface area contributed by atoms with Crippen molar-refractivity contribution in [3.63, 3.8) is 0 Å². The van der Waals surface area contributed by atoms with Gasteiger partial charge in [-0.05, 0) is 25.5 Å². The highest BCUT2D eigenvalue weighted by Crippen LogP contribution is 2.39. The highest BCUT2D eigenvalue weighted by atomic mass is 35.5. The summed E-state index contributed by atoms with van der Waals surface area (Å²) in [5, 5.41) is 7.81. The van der Waals surface area contributed by atoms with E-state index in [1.165, 1.54) is 23.0 Å². The van der Waals surface area contributed by atoms with Gasteiger partial charge in [-0.15, -0.1) is 0 Å². The van der Waals surface area contributed by atoms with Crippen LogP contribution in [0, 0.1) is 5.82 Å². The van der Waals surface area contributed by atoms with Gasteiger partial charge >= 0.3 is 0 Å². The molecule has 0 fully saturated rings. The molecule has 3 rings (SSSR count). The third kappa shape index (κ3) is 2.84. The minimum atomic E-state index is -0.479. The van der Waals surface area contributed by atoms with Crippen LogP contribution >= 0.6 is 23.2 Å². The average Bonchev–Trinajstić information content (AvgIpc) is 2.97. The molecule has 0 aliphatic carbocycles. The van der Waals surface area contributed by atoms with Crippen LogP contribution in [0.1, 0.15) is 20.3 Å². The van der Waals surface area contributed by atoms with Crippen molar-refractivity contribution in [2.45, 2.75) is 26.3 Å². The van der Waals surface area contributed by atoms with Crippen LogP contribution in [0.4, 0.5) is 10.2 Å². The summed E-state index contributed by atoms with van der Waals surface area (Å²) in [4.78, 5) is 8.22. The van der Waals surface area contributed by atoms with Gasteiger partial charge in [0, 0.05) is 11.6 Å². The molecular weight excluding hydrogens is 340 g/mol. The molecule has 1 N–H and O–H groups in total. The molecule has 0 bridgehead atoms. The molecule has 0 radical (unpaired) electrons. The highest BCUT2D eigenvalue weighted by Gasteiger charge is 2.23. The van der Waals surface area contributed by atoms with Crippen molar-refractivity contribution in [3.05, 3.63) is 40.5 Å². The molecule has 23 heavy (non-hydrogen) atoms. The Morgan fingerprint density at radius 1 is 1.30 bits per heavy atom. The van der Waals surface area contributed by atoms with Crippen molar-refractivity contribution >= 4 is 34.8 Å². The molecule has 1 atom stereocenters. The number of nitrogens with zero attached hydrogens (tertiary/aromatic N) is 4. The Bertz CT molecular complexity index is 844. The third-order valence-electron chi connectivity index (χ3n) is 3.59. The van der Waals surface area contributed by atoms with Crippen molar-refractivity contribution in [2.24, 2.45) is 0 Å². The van der Waals surface area contributed by atoms with Crippen LogP contribution < -0.4 is 5.32 Å². The Kier molecular flexibility index (Phi) is 4.37. The Balaban J connectivity index is 2.34. The van der Waals surface area contributed by atoms with Crippen LogP contribution in [0.3, 0.4) is 0 Å². The molecule has 0 spiro atoms. The first-order valence-electron chi connectivity index (χ1n) is 7.13. The zero-order chi connectivity index (χ0) is 16.6. The van der Waals surface area contributed by atoms with E-state index >= 15 is 0 Å². The molecule has 8 heteroatoms. The molecule has 5 nitrogen and oxygen atoms in total. The van der Waals surface area contributed by atoms with Gasteiger partial charge in [0.25, 0.3) is 5.78 Å². The van der Waals surface area contributed by atoms with Gasteiger partial charge in [-0.1, -0.05) is 36.2 Å². The van der Waals surface area contributed by atoms with Gasteiger partial charge < -0.3 is 5.32 Å². The van der Waals surface area contributed by atoms with E-state index in [-0.39, 0.29) is 21.8 Å². The third-order valence-corrected chi connectivity index (χ3v) is 4.18. The van der Waals surface area contributed by atoms with Crippen LogP contribution in [0.15, 0.2) is 24.5 Å². The van der Waals surface area contributed by atoms with Gasteiger partial charge in [0.1, 0.15) is 23.1 Å². The van der Waals surface area contributed by atoms with Crippen LogP contribution in [0.2, 0.25) is 10.2 Å². The average molecular weight is 354 g/mol. The van der Waals surface area contributed by atoms with E-state index in [0.29, 0.717) is 17.2 Å². The quantitative estimate of drug-likeness (QED) is 0.704. The maximum Gasteiger partial charge on any atom is 0.255 e. The zero-order valence-corrected chi connectivity index (χ0v) is 14.0. The van der Waals surface area contributed by atoms with Crippen molar-refractivity contribution in [3.8, 4) is 11.1 Å². The topological polar surface area (TPSA) is 55.1 Å². The first kappa shape index (κ1) is 16.0. The molecule has 1 unspecified atom stereocenters. The van der Waals surface area contributed by atoms with Gasteiger partial charge in [0.05, 0.1) is 10.6 Å². The lowest BCUT2D eigenvalue weighted by Crippen LogP contribution is -2.18.